The lowest BCUT2D eigenvalue weighted by atomic mass is 10.1. The zero-order valence-corrected chi connectivity index (χ0v) is 17.6. The number of benzene rings is 3. The predicted octanol–water partition coefficient (Wildman–Crippen LogP) is 6.05. The van der Waals surface area contributed by atoms with Gasteiger partial charge in [-0.25, -0.2) is 4.39 Å². The summed E-state index contributed by atoms with van der Waals surface area (Å²) in [5.41, 5.74) is 3.02. The maximum atomic E-state index is 13.0. The second-order valence-electron chi connectivity index (χ2n) is 6.58. The standard InChI is InChI=1S/C23H22Cl2FNO2/c1-28-22-13-18(14-27-10-9-16-5-7-20(26)8-6-16)12-21(25)23(22)29-15-17-3-2-4-19(24)11-17/h2-8,11-13,27H,9-10,14-15H2,1H3. The maximum Gasteiger partial charge on any atom is 0.180 e. The fourth-order valence-corrected chi connectivity index (χ4v) is 3.41. The van der Waals surface area contributed by atoms with E-state index in [1.54, 1.807) is 19.2 Å². The normalized spacial score (nSPS) is 10.8. The Bertz CT molecular complexity index is 948. The van der Waals surface area contributed by atoms with Crippen molar-refractivity contribution in [2.45, 2.75) is 19.6 Å². The van der Waals surface area contributed by atoms with Gasteiger partial charge in [0.15, 0.2) is 11.5 Å². The Morgan fingerprint density at radius 2 is 1.72 bits per heavy atom. The molecule has 6 heteroatoms. The van der Waals surface area contributed by atoms with Crippen LogP contribution in [0, 0.1) is 5.82 Å². The monoisotopic (exact) mass is 433 g/mol. The highest BCUT2D eigenvalue weighted by Crippen LogP contribution is 2.37. The van der Waals surface area contributed by atoms with Gasteiger partial charge in [-0.05, 0) is 66.1 Å². The summed E-state index contributed by atoms with van der Waals surface area (Å²) >= 11 is 12.5. The average molecular weight is 434 g/mol. The van der Waals surface area contributed by atoms with E-state index in [1.165, 1.54) is 12.1 Å². The van der Waals surface area contributed by atoms with E-state index < -0.39 is 0 Å². The molecule has 0 fully saturated rings. The molecule has 0 spiro atoms. The van der Waals surface area contributed by atoms with E-state index in [1.807, 2.05) is 36.4 Å². The van der Waals surface area contributed by atoms with Gasteiger partial charge in [0.2, 0.25) is 0 Å². The van der Waals surface area contributed by atoms with Crippen molar-refractivity contribution in [3.8, 4) is 11.5 Å². The van der Waals surface area contributed by atoms with Crippen LogP contribution in [0.1, 0.15) is 16.7 Å². The van der Waals surface area contributed by atoms with Gasteiger partial charge < -0.3 is 14.8 Å². The van der Waals surface area contributed by atoms with Crippen LogP contribution in [-0.2, 0) is 19.6 Å². The molecular formula is C23H22Cl2FNO2. The Morgan fingerprint density at radius 1 is 0.931 bits per heavy atom. The minimum Gasteiger partial charge on any atom is -0.493 e. The van der Waals surface area contributed by atoms with Crippen molar-refractivity contribution in [3.05, 3.63) is 93.2 Å². The van der Waals surface area contributed by atoms with Crippen molar-refractivity contribution < 1.29 is 13.9 Å². The van der Waals surface area contributed by atoms with Gasteiger partial charge in [0.1, 0.15) is 12.4 Å². The van der Waals surface area contributed by atoms with Crippen LogP contribution in [0.25, 0.3) is 0 Å². The summed E-state index contributed by atoms with van der Waals surface area (Å²) in [7, 11) is 1.59. The van der Waals surface area contributed by atoms with E-state index in [0.29, 0.717) is 34.7 Å². The molecule has 0 saturated carbocycles. The molecular weight excluding hydrogens is 412 g/mol. The summed E-state index contributed by atoms with van der Waals surface area (Å²) < 4.78 is 24.3. The molecule has 0 bridgehead atoms. The first-order chi connectivity index (χ1) is 14.0. The number of hydrogen-bond donors (Lipinski definition) is 1. The molecule has 0 aliphatic rings. The van der Waals surface area contributed by atoms with Crippen LogP contribution in [0.4, 0.5) is 4.39 Å². The zero-order valence-electron chi connectivity index (χ0n) is 16.1. The number of nitrogens with one attached hydrogen (secondary N) is 1. The first-order valence-corrected chi connectivity index (χ1v) is 9.99. The van der Waals surface area contributed by atoms with Crippen molar-refractivity contribution in [2.75, 3.05) is 13.7 Å². The van der Waals surface area contributed by atoms with Crippen LogP contribution in [0.5, 0.6) is 11.5 Å². The van der Waals surface area contributed by atoms with Gasteiger partial charge in [0.05, 0.1) is 12.1 Å². The van der Waals surface area contributed by atoms with Crippen LogP contribution in [0.15, 0.2) is 60.7 Å². The summed E-state index contributed by atoms with van der Waals surface area (Å²) in [6.07, 6.45) is 0.811. The molecule has 0 aliphatic heterocycles. The van der Waals surface area contributed by atoms with Crippen molar-refractivity contribution in [1.29, 1.82) is 0 Å². The van der Waals surface area contributed by atoms with Crippen molar-refractivity contribution >= 4 is 23.2 Å². The molecule has 0 heterocycles. The second kappa shape index (κ2) is 10.5. The molecule has 0 aromatic heterocycles. The average Bonchev–Trinajstić information content (AvgIpc) is 2.71. The minimum absolute atomic E-state index is 0.221. The quantitative estimate of drug-likeness (QED) is 0.416. The largest absolute Gasteiger partial charge is 0.493 e. The topological polar surface area (TPSA) is 30.5 Å². The Labute approximate surface area is 180 Å². The minimum atomic E-state index is -0.221. The van der Waals surface area contributed by atoms with Gasteiger partial charge in [-0.15, -0.1) is 0 Å². The molecule has 0 aliphatic carbocycles. The Kier molecular flexibility index (Phi) is 7.76. The molecule has 0 saturated heterocycles. The van der Waals surface area contributed by atoms with E-state index in [-0.39, 0.29) is 5.82 Å². The highest BCUT2D eigenvalue weighted by molar-refractivity contribution is 6.32. The highest BCUT2D eigenvalue weighted by Gasteiger charge is 2.12. The molecule has 1 N–H and O–H groups in total. The number of rotatable bonds is 9. The van der Waals surface area contributed by atoms with Crippen LogP contribution in [-0.4, -0.2) is 13.7 Å². The summed E-state index contributed by atoms with van der Waals surface area (Å²) in [5.74, 6) is 0.861. The first-order valence-electron chi connectivity index (χ1n) is 9.24. The molecule has 0 unspecified atom stereocenters. The zero-order chi connectivity index (χ0) is 20.6. The predicted molar refractivity (Wildman–Crippen MR) is 116 cm³/mol. The molecule has 3 rings (SSSR count). The van der Waals surface area contributed by atoms with E-state index >= 15 is 0 Å². The fourth-order valence-electron chi connectivity index (χ4n) is 2.91. The Morgan fingerprint density at radius 3 is 2.45 bits per heavy atom. The Hall–Kier alpha value is -2.27. The van der Waals surface area contributed by atoms with Crippen molar-refractivity contribution in [1.82, 2.24) is 5.32 Å². The van der Waals surface area contributed by atoms with Gasteiger partial charge in [0, 0.05) is 11.6 Å². The molecule has 152 valence electrons. The van der Waals surface area contributed by atoms with Gasteiger partial charge in [-0.1, -0.05) is 47.5 Å². The van der Waals surface area contributed by atoms with Crippen LogP contribution in [0.2, 0.25) is 10.0 Å². The number of halogens is 3. The third-order valence-corrected chi connectivity index (χ3v) is 4.91. The lowest BCUT2D eigenvalue weighted by Gasteiger charge is -2.15. The third kappa shape index (κ3) is 6.36. The summed E-state index contributed by atoms with van der Waals surface area (Å²) in [5, 5.41) is 4.51. The smallest absolute Gasteiger partial charge is 0.180 e. The number of methoxy groups -OCH3 is 1. The van der Waals surface area contributed by atoms with Gasteiger partial charge in [-0.3, -0.25) is 0 Å². The Balaban J connectivity index is 1.57. The van der Waals surface area contributed by atoms with E-state index in [0.717, 1.165) is 29.7 Å². The molecule has 0 amide bonds. The molecule has 0 atom stereocenters. The van der Waals surface area contributed by atoms with Crippen LogP contribution >= 0.6 is 23.2 Å². The summed E-state index contributed by atoms with van der Waals surface area (Å²) in [6, 6.07) is 17.8. The van der Waals surface area contributed by atoms with Crippen LogP contribution in [0.3, 0.4) is 0 Å². The van der Waals surface area contributed by atoms with Crippen molar-refractivity contribution in [2.24, 2.45) is 0 Å². The number of ether oxygens (including phenoxy) is 2. The van der Waals surface area contributed by atoms with Gasteiger partial charge >= 0.3 is 0 Å². The van der Waals surface area contributed by atoms with Gasteiger partial charge in [0.25, 0.3) is 0 Å². The summed E-state index contributed by atoms with van der Waals surface area (Å²) in [4.78, 5) is 0. The molecule has 0 radical (unpaired) electrons. The fraction of sp³-hybridized carbons (Fsp3) is 0.217. The number of hydrogen-bond acceptors (Lipinski definition) is 3. The lowest BCUT2D eigenvalue weighted by Crippen LogP contribution is -2.16. The van der Waals surface area contributed by atoms with Gasteiger partial charge in [-0.2, -0.15) is 0 Å². The molecule has 3 aromatic carbocycles. The SMILES string of the molecule is COc1cc(CNCCc2ccc(F)cc2)cc(Cl)c1OCc1cccc(Cl)c1. The molecule has 3 aromatic rings. The van der Waals surface area contributed by atoms with E-state index in [4.69, 9.17) is 32.7 Å². The first kappa shape index (κ1) is 21.4. The van der Waals surface area contributed by atoms with E-state index in [2.05, 4.69) is 5.32 Å². The molecule has 29 heavy (non-hydrogen) atoms. The second-order valence-corrected chi connectivity index (χ2v) is 7.42. The molecule has 3 nitrogen and oxygen atoms in total. The summed E-state index contributed by atoms with van der Waals surface area (Å²) in [6.45, 7) is 1.73. The van der Waals surface area contributed by atoms with E-state index in [9.17, 15) is 4.39 Å². The lowest BCUT2D eigenvalue weighted by molar-refractivity contribution is 0.284. The highest BCUT2D eigenvalue weighted by atomic mass is 35.5. The maximum absolute atomic E-state index is 13.0. The van der Waals surface area contributed by atoms with Crippen LogP contribution < -0.4 is 14.8 Å². The third-order valence-electron chi connectivity index (χ3n) is 4.39. The van der Waals surface area contributed by atoms with Crippen molar-refractivity contribution in [3.63, 3.8) is 0 Å².